The van der Waals surface area contributed by atoms with E-state index in [1.165, 1.54) is 0 Å². The molecule has 0 atom stereocenters. The number of β-amino-alcohol motifs (C(OH)–C–C–N with tert-alkyl or cyclic N) is 1. The minimum Gasteiger partial charge on any atom is -0.395 e. The maximum absolute atomic E-state index is 11.8. The molecule has 0 spiro atoms. The fourth-order valence-corrected chi connectivity index (χ4v) is 2.25. The Kier molecular flexibility index (Phi) is 3.71. The molecule has 0 unspecified atom stereocenters. The van der Waals surface area contributed by atoms with Gasteiger partial charge in [0.25, 0.3) is 11.8 Å². The second kappa shape index (κ2) is 5.30. The van der Waals surface area contributed by atoms with Crippen molar-refractivity contribution in [3.05, 3.63) is 34.7 Å². The summed E-state index contributed by atoms with van der Waals surface area (Å²) in [5.41, 5.74) is 1.96. The Labute approximate surface area is 115 Å². The van der Waals surface area contributed by atoms with Gasteiger partial charge in [-0.25, -0.2) is 4.79 Å². The minimum absolute atomic E-state index is 0.00224. The van der Waals surface area contributed by atoms with Crippen LogP contribution in [0.5, 0.6) is 0 Å². The van der Waals surface area contributed by atoms with Crippen molar-refractivity contribution in [2.45, 2.75) is 13.8 Å². The monoisotopic (exact) mass is 277 g/mol. The highest BCUT2D eigenvalue weighted by Gasteiger charge is 2.31. The highest BCUT2D eigenvalue weighted by Crippen LogP contribution is 2.25. The Morgan fingerprint density at radius 2 is 1.55 bits per heavy atom. The van der Waals surface area contributed by atoms with E-state index in [2.05, 4.69) is 0 Å². The Morgan fingerprint density at radius 3 is 2.00 bits per heavy atom. The Balaban J connectivity index is 2.43. The molecule has 1 fully saturated rings. The number of aliphatic hydroxyl groups excluding tert-OH is 1. The van der Waals surface area contributed by atoms with E-state index in [0.29, 0.717) is 12.1 Å². The van der Waals surface area contributed by atoms with Gasteiger partial charge in [0.2, 0.25) is 0 Å². The van der Waals surface area contributed by atoms with Gasteiger partial charge in [0, 0.05) is 17.9 Å². The maximum Gasteiger partial charge on any atom is 0.328 e. The van der Waals surface area contributed by atoms with Crippen LogP contribution in [0.2, 0.25) is 0 Å². The smallest absolute Gasteiger partial charge is 0.328 e. The lowest BCUT2D eigenvalue weighted by Crippen LogP contribution is -2.51. The normalized spacial score (nSPS) is 19.6. The molecule has 3 N–H and O–H groups in total. The molecule has 2 aliphatic heterocycles. The van der Waals surface area contributed by atoms with E-state index in [1.54, 1.807) is 12.2 Å². The lowest BCUT2D eigenvalue weighted by atomic mass is 10.00. The zero-order valence-corrected chi connectivity index (χ0v) is 11.2. The van der Waals surface area contributed by atoms with Gasteiger partial charge < -0.3 is 10.0 Å². The molecule has 4 amide bonds. The molecule has 106 valence electrons. The van der Waals surface area contributed by atoms with Crippen molar-refractivity contribution in [2.75, 3.05) is 13.2 Å². The largest absolute Gasteiger partial charge is 0.395 e. The second-order valence-electron chi connectivity index (χ2n) is 4.51. The molecule has 2 aliphatic rings. The molecule has 0 aromatic carbocycles. The zero-order chi connectivity index (χ0) is 14.9. The summed E-state index contributed by atoms with van der Waals surface area (Å²) in [7, 11) is 0. The Hall–Kier alpha value is -2.41. The highest BCUT2D eigenvalue weighted by molar-refractivity contribution is 6.29. The average Bonchev–Trinajstić information content (AvgIpc) is 2.32. The quantitative estimate of drug-likeness (QED) is 0.478. The molecule has 0 aromatic heterocycles. The fourth-order valence-electron chi connectivity index (χ4n) is 2.25. The minimum atomic E-state index is -0.816. The standard InChI is InChI=1S/C13H15N3O4/c1-7-5-9(6-8(2)16(7)3-4-17)10-11(18)14-13(20)15-12(10)19/h5-6,17H,3-4H2,1-2H3,(H2,14,15,18,19,20). The summed E-state index contributed by atoms with van der Waals surface area (Å²) in [6, 6.07) is -0.816. The van der Waals surface area contributed by atoms with Crippen molar-refractivity contribution in [1.29, 1.82) is 0 Å². The number of imide groups is 2. The molecule has 0 aromatic rings. The van der Waals surface area contributed by atoms with E-state index in [-0.39, 0.29) is 12.2 Å². The number of hydrogen-bond donors (Lipinski definition) is 3. The molecule has 1 saturated heterocycles. The number of barbiturate groups is 1. The molecule has 20 heavy (non-hydrogen) atoms. The molecule has 0 aliphatic carbocycles. The van der Waals surface area contributed by atoms with Crippen LogP contribution in [-0.2, 0) is 9.59 Å². The van der Waals surface area contributed by atoms with Crippen LogP contribution >= 0.6 is 0 Å². The third-order valence-electron chi connectivity index (χ3n) is 3.10. The number of nitrogens with zero attached hydrogens (tertiary/aromatic N) is 1. The molecule has 0 bridgehead atoms. The van der Waals surface area contributed by atoms with Crippen molar-refractivity contribution in [2.24, 2.45) is 0 Å². The van der Waals surface area contributed by atoms with Gasteiger partial charge in [-0.15, -0.1) is 0 Å². The number of aliphatic hydroxyl groups is 1. The fraction of sp³-hybridized carbons (Fsp3) is 0.308. The van der Waals surface area contributed by atoms with Gasteiger partial charge in [-0.1, -0.05) is 0 Å². The summed E-state index contributed by atoms with van der Waals surface area (Å²) >= 11 is 0. The summed E-state index contributed by atoms with van der Waals surface area (Å²) in [6.07, 6.45) is 3.35. The maximum atomic E-state index is 11.8. The SMILES string of the molecule is CC1=CC(=C2C(=O)NC(=O)NC2=O)C=C(C)N1CCO. The first-order valence-corrected chi connectivity index (χ1v) is 6.10. The average molecular weight is 277 g/mol. The first-order chi connectivity index (χ1) is 9.43. The van der Waals surface area contributed by atoms with Gasteiger partial charge in [0.05, 0.1) is 6.61 Å². The number of allylic oxidation sites excluding steroid dienone is 5. The number of amides is 4. The van der Waals surface area contributed by atoms with Crippen LogP contribution < -0.4 is 10.6 Å². The van der Waals surface area contributed by atoms with E-state index >= 15 is 0 Å². The second-order valence-corrected chi connectivity index (χ2v) is 4.51. The van der Waals surface area contributed by atoms with Crippen LogP contribution in [0.1, 0.15) is 13.8 Å². The van der Waals surface area contributed by atoms with Crippen LogP contribution in [-0.4, -0.2) is 41.0 Å². The number of urea groups is 1. The summed E-state index contributed by atoms with van der Waals surface area (Å²) < 4.78 is 0. The first kappa shape index (κ1) is 14.0. The highest BCUT2D eigenvalue weighted by atomic mass is 16.3. The molecular weight excluding hydrogens is 262 g/mol. The van der Waals surface area contributed by atoms with Crippen LogP contribution in [0.3, 0.4) is 0 Å². The summed E-state index contributed by atoms with van der Waals surface area (Å²) in [5, 5.41) is 13.1. The van der Waals surface area contributed by atoms with Gasteiger partial charge in [0.1, 0.15) is 5.57 Å². The van der Waals surface area contributed by atoms with Crippen molar-refractivity contribution < 1.29 is 19.5 Å². The number of hydrogen-bond acceptors (Lipinski definition) is 5. The van der Waals surface area contributed by atoms with E-state index < -0.39 is 17.8 Å². The topological polar surface area (TPSA) is 98.7 Å². The van der Waals surface area contributed by atoms with Gasteiger partial charge in [0.15, 0.2) is 0 Å². The third kappa shape index (κ3) is 2.48. The number of nitrogens with one attached hydrogen (secondary N) is 2. The molecule has 2 rings (SSSR count). The van der Waals surface area contributed by atoms with Crippen molar-refractivity contribution >= 4 is 17.8 Å². The van der Waals surface area contributed by atoms with Gasteiger partial charge in [-0.05, 0) is 31.6 Å². The van der Waals surface area contributed by atoms with E-state index in [4.69, 9.17) is 5.11 Å². The lowest BCUT2D eigenvalue weighted by molar-refractivity contribution is -0.124. The van der Waals surface area contributed by atoms with Gasteiger partial charge in [-0.2, -0.15) is 0 Å². The summed E-state index contributed by atoms with van der Waals surface area (Å²) in [6.45, 7) is 4.06. The molecule has 7 nitrogen and oxygen atoms in total. The lowest BCUT2D eigenvalue weighted by Gasteiger charge is -2.29. The summed E-state index contributed by atoms with van der Waals surface area (Å²) in [5.74, 6) is -1.42. The van der Waals surface area contributed by atoms with E-state index in [0.717, 1.165) is 11.4 Å². The van der Waals surface area contributed by atoms with Crippen LogP contribution in [0.15, 0.2) is 34.7 Å². The van der Waals surface area contributed by atoms with E-state index in [1.807, 2.05) is 29.4 Å². The predicted octanol–water partition coefficient (Wildman–Crippen LogP) is -0.235. The molecule has 7 heteroatoms. The summed E-state index contributed by atoms with van der Waals surface area (Å²) in [4.78, 5) is 36.4. The van der Waals surface area contributed by atoms with Gasteiger partial charge >= 0.3 is 6.03 Å². The van der Waals surface area contributed by atoms with Crippen LogP contribution in [0.4, 0.5) is 4.79 Å². The molecule has 0 radical (unpaired) electrons. The predicted molar refractivity (Wildman–Crippen MR) is 70.0 cm³/mol. The number of rotatable bonds is 2. The Morgan fingerprint density at radius 1 is 1.05 bits per heavy atom. The molecule has 2 heterocycles. The van der Waals surface area contributed by atoms with E-state index in [9.17, 15) is 14.4 Å². The number of carbonyl (C=O) groups excluding carboxylic acids is 3. The molecular formula is C13H15N3O4. The van der Waals surface area contributed by atoms with Crippen LogP contribution in [0.25, 0.3) is 0 Å². The first-order valence-electron chi connectivity index (χ1n) is 6.10. The Bertz CT molecular complexity index is 542. The van der Waals surface area contributed by atoms with Crippen LogP contribution in [0, 0.1) is 0 Å². The zero-order valence-electron chi connectivity index (χ0n) is 11.2. The van der Waals surface area contributed by atoms with Gasteiger partial charge in [-0.3, -0.25) is 20.2 Å². The van der Waals surface area contributed by atoms with Crippen molar-refractivity contribution in [3.8, 4) is 0 Å². The third-order valence-corrected chi connectivity index (χ3v) is 3.10. The van der Waals surface area contributed by atoms with Crippen molar-refractivity contribution in [1.82, 2.24) is 15.5 Å². The molecule has 0 saturated carbocycles. The van der Waals surface area contributed by atoms with Crippen molar-refractivity contribution in [3.63, 3.8) is 0 Å². The number of carbonyl (C=O) groups is 3.